The van der Waals surface area contributed by atoms with Gasteiger partial charge in [0, 0.05) is 33.2 Å². The highest BCUT2D eigenvalue weighted by atomic mass is 127. The molecular weight excluding hydrogens is 487 g/mol. The van der Waals surface area contributed by atoms with Crippen LogP contribution in [0.15, 0.2) is 9.52 Å². The van der Waals surface area contributed by atoms with Crippen molar-refractivity contribution in [3.8, 4) is 0 Å². The lowest BCUT2D eigenvalue weighted by atomic mass is 9.96. The van der Waals surface area contributed by atoms with E-state index >= 15 is 0 Å². The largest absolute Gasteiger partial charge is 0.444 e. The molecule has 0 atom stereocenters. The molecule has 1 aromatic rings. The molecular formula is C19H35IN6O3. The summed E-state index contributed by atoms with van der Waals surface area (Å²) in [5.74, 6) is 2.46. The summed E-state index contributed by atoms with van der Waals surface area (Å²) in [4.78, 5) is 24.9. The fraction of sp³-hybridized carbons (Fsp3) is 0.789. The molecule has 0 radical (unpaired) electrons. The average molecular weight is 522 g/mol. The fourth-order valence-corrected chi connectivity index (χ4v) is 3.20. The lowest BCUT2D eigenvalue weighted by Crippen LogP contribution is -2.47. The second kappa shape index (κ2) is 11.6. The molecule has 0 spiro atoms. The van der Waals surface area contributed by atoms with Crippen molar-refractivity contribution in [2.24, 2.45) is 10.9 Å². The van der Waals surface area contributed by atoms with Crippen molar-refractivity contribution in [2.45, 2.75) is 59.6 Å². The van der Waals surface area contributed by atoms with Gasteiger partial charge in [0.25, 0.3) is 0 Å². The van der Waals surface area contributed by atoms with Crippen molar-refractivity contribution in [2.75, 3.05) is 33.2 Å². The molecule has 1 N–H and O–H groups in total. The van der Waals surface area contributed by atoms with Crippen molar-refractivity contribution < 1.29 is 14.1 Å². The Hall–Kier alpha value is -1.59. The van der Waals surface area contributed by atoms with Crippen LogP contribution in [0.25, 0.3) is 0 Å². The second-order valence-electron chi connectivity index (χ2n) is 8.09. The highest BCUT2D eigenvalue weighted by Gasteiger charge is 2.27. The third-order valence-corrected chi connectivity index (χ3v) is 4.61. The zero-order chi connectivity index (χ0) is 20.7. The van der Waals surface area contributed by atoms with Gasteiger partial charge in [-0.3, -0.25) is 4.99 Å². The summed E-state index contributed by atoms with van der Waals surface area (Å²) < 4.78 is 10.6. The van der Waals surface area contributed by atoms with Gasteiger partial charge in [-0.1, -0.05) is 5.16 Å². The summed E-state index contributed by atoms with van der Waals surface area (Å²) in [7, 11) is 1.77. The third kappa shape index (κ3) is 8.35. The van der Waals surface area contributed by atoms with Crippen LogP contribution < -0.4 is 5.32 Å². The number of rotatable bonds is 5. The molecule has 0 saturated carbocycles. The van der Waals surface area contributed by atoms with Gasteiger partial charge in [0.1, 0.15) is 5.60 Å². The molecule has 9 nitrogen and oxygen atoms in total. The van der Waals surface area contributed by atoms with Crippen molar-refractivity contribution in [1.29, 1.82) is 0 Å². The number of aromatic nitrogens is 2. The van der Waals surface area contributed by atoms with E-state index in [0.717, 1.165) is 38.4 Å². The first kappa shape index (κ1) is 25.4. The van der Waals surface area contributed by atoms with E-state index in [1.807, 2.05) is 27.7 Å². The predicted molar refractivity (Wildman–Crippen MR) is 122 cm³/mol. The minimum atomic E-state index is -0.469. The van der Waals surface area contributed by atoms with Crippen LogP contribution in [-0.4, -0.2) is 70.8 Å². The summed E-state index contributed by atoms with van der Waals surface area (Å²) >= 11 is 0. The Bertz CT molecular complexity index is 665. The molecule has 10 heteroatoms. The minimum absolute atomic E-state index is 0. The molecule has 1 aliphatic rings. The highest BCUT2D eigenvalue weighted by Crippen LogP contribution is 2.20. The van der Waals surface area contributed by atoms with E-state index < -0.39 is 5.60 Å². The van der Waals surface area contributed by atoms with Crippen LogP contribution in [0.4, 0.5) is 4.79 Å². The van der Waals surface area contributed by atoms with Gasteiger partial charge in [0.05, 0.1) is 6.54 Å². The van der Waals surface area contributed by atoms with Gasteiger partial charge in [-0.05, 0) is 53.4 Å². The SMILES string of the molecule is CCN(CC1CCN(C(=NC)NCc2nc(C)no2)CC1)C(=O)OC(C)(C)C.I. The maximum atomic E-state index is 12.3. The molecule has 0 aromatic carbocycles. The quantitative estimate of drug-likeness (QED) is 0.361. The van der Waals surface area contributed by atoms with Crippen LogP contribution in [-0.2, 0) is 11.3 Å². The van der Waals surface area contributed by atoms with E-state index in [0.29, 0.717) is 30.7 Å². The van der Waals surface area contributed by atoms with Gasteiger partial charge in [0.15, 0.2) is 11.8 Å². The number of nitrogens with one attached hydrogen (secondary N) is 1. The molecule has 29 heavy (non-hydrogen) atoms. The van der Waals surface area contributed by atoms with Gasteiger partial charge in [-0.2, -0.15) is 4.98 Å². The average Bonchev–Trinajstić information content (AvgIpc) is 3.05. The van der Waals surface area contributed by atoms with Crippen LogP contribution in [0.2, 0.25) is 0 Å². The summed E-state index contributed by atoms with van der Waals surface area (Å²) in [6.45, 7) is 13.1. The number of ether oxygens (including phenoxy) is 1. The summed E-state index contributed by atoms with van der Waals surface area (Å²) in [5.41, 5.74) is -0.469. The first-order chi connectivity index (χ1) is 13.2. The van der Waals surface area contributed by atoms with Gasteiger partial charge >= 0.3 is 6.09 Å². The number of halogens is 1. The van der Waals surface area contributed by atoms with E-state index in [2.05, 4.69) is 25.3 Å². The maximum absolute atomic E-state index is 12.3. The minimum Gasteiger partial charge on any atom is -0.444 e. The smallest absolute Gasteiger partial charge is 0.410 e. The Balaban J connectivity index is 0.00000420. The fourth-order valence-electron chi connectivity index (χ4n) is 3.20. The van der Waals surface area contributed by atoms with Crippen molar-refractivity contribution in [3.05, 3.63) is 11.7 Å². The third-order valence-electron chi connectivity index (χ3n) is 4.61. The number of aryl methyl sites for hydroxylation is 1. The number of amides is 1. The lowest BCUT2D eigenvalue weighted by Gasteiger charge is -2.36. The maximum Gasteiger partial charge on any atom is 0.410 e. The van der Waals surface area contributed by atoms with E-state index in [4.69, 9.17) is 9.26 Å². The van der Waals surface area contributed by atoms with Crippen LogP contribution >= 0.6 is 24.0 Å². The number of likely N-dealkylation sites (tertiary alicyclic amines) is 1. The Kier molecular flexibility index (Phi) is 10.1. The predicted octanol–water partition coefficient (Wildman–Crippen LogP) is 3.04. The van der Waals surface area contributed by atoms with Gasteiger partial charge in [0.2, 0.25) is 5.89 Å². The normalized spacial score (nSPS) is 15.7. The van der Waals surface area contributed by atoms with Crippen LogP contribution in [0.3, 0.4) is 0 Å². The number of nitrogens with zero attached hydrogens (tertiary/aromatic N) is 5. The summed E-state index contributed by atoms with van der Waals surface area (Å²) in [5, 5.41) is 7.07. The molecule has 2 rings (SSSR count). The molecule has 1 aromatic heterocycles. The van der Waals surface area contributed by atoms with E-state index in [1.54, 1.807) is 18.9 Å². The topological polar surface area (TPSA) is 96.1 Å². The monoisotopic (exact) mass is 522 g/mol. The summed E-state index contributed by atoms with van der Waals surface area (Å²) in [6.07, 6.45) is 1.77. The molecule has 0 bridgehead atoms. The number of hydrogen-bond acceptors (Lipinski definition) is 6. The molecule has 1 fully saturated rings. The molecule has 0 aliphatic carbocycles. The molecule has 0 unspecified atom stereocenters. The summed E-state index contributed by atoms with van der Waals surface area (Å²) in [6, 6.07) is 0. The number of guanidine groups is 1. The number of carbonyl (C=O) groups excluding carboxylic acids is 1. The van der Waals surface area contributed by atoms with Crippen molar-refractivity contribution >= 4 is 36.0 Å². The van der Waals surface area contributed by atoms with Gasteiger partial charge in [-0.15, -0.1) is 24.0 Å². The standard InChI is InChI=1S/C19H34N6O3.HI/c1-7-24(18(26)27-19(3,4)5)13-15-8-10-25(11-9-15)17(20-6)21-12-16-22-14(2)23-28-16;/h15H,7-13H2,1-6H3,(H,20,21);1H. The van der Waals surface area contributed by atoms with E-state index in [-0.39, 0.29) is 30.1 Å². The van der Waals surface area contributed by atoms with E-state index in [9.17, 15) is 4.79 Å². The number of carbonyl (C=O) groups is 1. The first-order valence-electron chi connectivity index (χ1n) is 9.94. The molecule has 1 saturated heterocycles. The molecule has 1 amide bonds. The van der Waals surface area contributed by atoms with Crippen LogP contribution in [0, 0.1) is 12.8 Å². The Morgan fingerprint density at radius 2 is 2.03 bits per heavy atom. The van der Waals surface area contributed by atoms with Crippen LogP contribution in [0.5, 0.6) is 0 Å². The van der Waals surface area contributed by atoms with Crippen LogP contribution in [0.1, 0.15) is 52.3 Å². The zero-order valence-corrected chi connectivity index (χ0v) is 20.7. The van der Waals surface area contributed by atoms with Crippen molar-refractivity contribution in [3.63, 3.8) is 0 Å². The Morgan fingerprint density at radius 1 is 1.38 bits per heavy atom. The highest BCUT2D eigenvalue weighted by molar-refractivity contribution is 14.0. The second-order valence-corrected chi connectivity index (χ2v) is 8.09. The molecule has 1 aliphatic heterocycles. The van der Waals surface area contributed by atoms with Crippen molar-refractivity contribution in [1.82, 2.24) is 25.3 Å². The van der Waals surface area contributed by atoms with Gasteiger partial charge < -0.3 is 24.4 Å². The molecule has 166 valence electrons. The molecule has 2 heterocycles. The number of hydrogen-bond donors (Lipinski definition) is 1. The van der Waals surface area contributed by atoms with Gasteiger partial charge in [-0.25, -0.2) is 4.79 Å². The Morgan fingerprint density at radius 3 is 2.52 bits per heavy atom. The van der Waals surface area contributed by atoms with E-state index in [1.165, 1.54) is 0 Å². The Labute approximate surface area is 190 Å². The number of piperidine rings is 1. The number of aliphatic imine (C=N–C) groups is 1. The lowest BCUT2D eigenvalue weighted by molar-refractivity contribution is 0.0214. The zero-order valence-electron chi connectivity index (χ0n) is 18.4. The first-order valence-corrected chi connectivity index (χ1v) is 9.94.